The highest BCUT2D eigenvalue weighted by atomic mass is 16.1. The topological polar surface area (TPSA) is 20.3 Å². The Morgan fingerprint density at radius 3 is 2.00 bits per heavy atom. The van der Waals surface area contributed by atoms with E-state index in [1.807, 2.05) is 53.7 Å². The van der Waals surface area contributed by atoms with E-state index in [1.165, 1.54) is 0 Å². The molecule has 18 heavy (non-hydrogen) atoms. The standard InChI is InChI=1S/C12H21NO.2C2H6/c1-5-7-12(10-14)11(3)9-13(4)8-6-2;2*1-2/h5,7,10H,6,8-9H2,1-4H3;2*1-2H3/b7-5-,12-11-;;. The number of carbonyl (C=O) groups is 1. The molecule has 0 atom stereocenters. The third-order valence-electron chi connectivity index (χ3n) is 2.08. The van der Waals surface area contributed by atoms with E-state index in [-0.39, 0.29) is 0 Å². The summed E-state index contributed by atoms with van der Waals surface area (Å²) in [7, 11) is 2.07. The molecule has 0 unspecified atom stereocenters. The SMILES string of the molecule is C/C=C\C(C=O)=C(/C)CN(C)CCC.CC.CC. The van der Waals surface area contributed by atoms with Gasteiger partial charge in [-0.1, -0.05) is 46.8 Å². The highest BCUT2D eigenvalue weighted by molar-refractivity contribution is 5.78. The van der Waals surface area contributed by atoms with E-state index in [4.69, 9.17) is 0 Å². The van der Waals surface area contributed by atoms with Crippen molar-refractivity contribution in [3.63, 3.8) is 0 Å². The van der Waals surface area contributed by atoms with Crippen molar-refractivity contribution < 1.29 is 4.79 Å². The number of nitrogens with zero attached hydrogens (tertiary/aromatic N) is 1. The maximum Gasteiger partial charge on any atom is 0.150 e. The van der Waals surface area contributed by atoms with E-state index in [0.29, 0.717) is 0 Å². The Morgan fingerprint density at radius 1 is 1.17 bits per heavy atom. The van der Waals surface area contributed by atoms with Gasteiger partial charge in [-0.25, -0.2) is 0 Å². The molecule has 2 nitrogen and oxygen atoms in total. The summed E-state index contributed by atoms with van der Waals surface area (Å²) in [4.78, 5) is 13.0. The number of aldehydes is 1. The maximum absolute atomic E-state index is 10.7. The van der Waals surface area contributed by atoms with Crippen LogP contribution in [0.1, 0.15) is 54.9 Å². The van der Waals surface area contributed by atoms with Crippen molar-refractivity contribution in [2.45, 2.75) is 54.9 Å². The maximum atomic E-state index is 10.7. The van der Waals surface area contributed by atoms with Crippen LogP contribution in [0.2, 0.25) is 0 Å². The van der Waals surface area contributed by atoms with Gasteiger partial charge in [0.1, 0.15) is 6.29 Å². The number of hydrogen-bond donors (Lipinski definition) is 0. The van der Waals surface area contributed by atoms with E-state index in [1.54, 1.807) is 0 Å². The lowest BCUT2D eigenvalue weighted by Gasteiger charge is -2.16. The molecule has 0 aliphatic heterocycles. The first-order chi connectivity index (χ1) is 8.65. The molecule has 0 aliphatic carbocycles. The van der Waals surface area contributed by atoms with Crippen LogP contribution in [0.5, 0.6) is 0 Å². The van der Waals surface area contributed by atoms with Crippen molar-refractivity contribution in [3.8, 4) is 0 Å². The minimum absolute atomic E-state index is 0.801. The van der Waals surface area contributed by atoms with E-state index in [9.17, 15) is 4.79 Å². The molecule has 0 aromatic carbocycles. The first kappa shape index (κ1) is 22.3. The summed E-state index contributed by atoms with van der Waals surface area (Å²) in [5.41, 5.74) is 1.93. The van der Waals surface area contributed by atoms with Gasteiger partial charge in [0.05, 0.1) is 0 Å². The lowest BCUT2D eigenvalue weighted by Crippen LogP contribution is -2.21. The smallest absolute Gasteiger partial charge is 0.150 e. The van der Waals surface area contributed by atoms with Crippen LogP contribution in [0.3, 0.4) is 0 Å². The molecule has 0 aromatic heterocycles. The number of likely N-dealkylation sites (N-methyl/N-ethyl adjacent to an activating group) is 1. The van der Waals surface area contributed by atoms with Crippen LogP contribution in [-0.4, -0.2) is 31.3 Å². The van der Waals surface area contributed by atoms with Gasteiger partial charge < -0.3 is 4.90 Å². The Bertz CT molecular complexity index is 229. The summed E-state index contributed by atoms with van der Waals surface area (Å²) in [6.07, 6.45) is 5.83. The Morgan fingerprint density at radius 2 is 1.67 bits per heavy atom. The summed E-state index contributed by atoms with van der Waals surface area (Å²) in [6, 6.07) is 0. The van der Waals surface area contributed by atoms with Gasteiger partial charge >= 0.3 is 0 Å². The molecular formula is C16H33NO. The molecule has 0 heterocycles. The van der Waals surface area contributed by atoms with Crippen LogP contribution in [0.15, 0.2) is 23.3 Å². The predicted octanol–water partition coefficient (Wildman–Crippen LogP) is 4.47. The van der Waals surface area contributed by atoms with Crippen LogP contribution < -0.4 is 0 Å². The molecule has 0 bridgehead atoms. The van der Waals surface area contributed by atoms with Crippen LogP contribution in [0.25, 0.3) is 0 Å². The molecule has 0 aromatic rings. The molecular weight excluding hydrogens is 222 g/mol. The van der Waals surface area contributed by atoms with Crippen molar-refractivity contribution in [1.82, 2.24) is 4.90 Å². The second kappa shape index (κ2) is 18.5. The molecule has 0 N–H and O–H groups in total. The van der Waals surface area contributed by atoms with Crippen LogP contribution in [0, 0.1) is 0 Å². The van der Waals surface area contributed by atoms with Crippen LogP contribution in [-0.2, 0) is 4.79 Å². The largest absolute Gasteiger partial charge is 0.302 e. The van der Waals surface area contributed by atoms with Gasteiger partial charge in [0, 0.05) is 12.1 Å². The van der Waals surface area contributed by atoms with E-state index < -0.39 is 0 Å². The monoisotopic (exact) mass is 255 g/mol. The van der Waals surface area contributed by atoms with Crippen LogP contribution >= 0.6 is 0 Å². The van der Waals surface area contributed by atoms with Gasteiger partial charge in [-0.05, 0) is 39.4 Å². The van der Waals surface area contributed by atoms with Crippen molar-refractivity contribution in [1.29, 1.82) is 0 Å². The Balaban J connectivity index is -0.000000506. The molecule has 0 aliphatic rings. The predicted molar refractivity (Wildman–Crippen MR) is 84.1 cm³/mol. The highest BCUT2D eigenvalue weighted by Gasteiger charge is 2.01. The zero-order chi connectivity index (χ0) is 15.0. The molecule has 0 spiro atoms. The molecule has 108 valence electrons. The Hall–Kier alpha value is -0.890. The van der Waals surface area contributed by atoms with Gasteiger partial charge in [-0.3, -0.25) is 4.79 Å². The van der Waals surface area contributed by atoms with Crippen molar-refractivity contribution in [3.05, 3.63) is 23.3 Å². The number of allylic oxidation sites excluding steroid dienone is 3. The molecule has 2 heteroatoms. The number of hydrogen-bond acceptors (Lipinski definition) is 2. The fourth-order valence-electron chi connectivity index (χ4n) is 1.42. The molecule has 0 radical (unpaired) electrons. The average molecular weight is 255 g/mol. The Labute approximate surface area is 115 Å². The fourth-order valence-corrected chi connectivity index (χ4v) is 1.42. The molecule has 0 fully saturated rings. The first-order valence-electron chi connectivity index (χ1n) is 7.11. The lowest BCUT2D eigenvalue weighted by molar-refractivity contribution is -0.104. The summed E-state index contributed by atoms with van der Waals surface area (Å²) in [5, 5.41) is 0. The van der Waals surface area contributed by atoms with Gasteiger partial charge in [0.25, 0.3) is 0 Å². The van der Waals surface area contributed by atoms with Gasteiger partial charge in [0.15, 0.2) is 0 Å². The minimum Gasteiger partial charge on any atom is -0.302 e. The molecule has 0 saturated carbocycles. The second-order valence-electron chi connectivity index (χ2n) is 3.59. The fraction of sp³-hybridized carbons (Fsp3) is 0.688. The average Bonchev–Trinajstić information content (AvgIpc) is 2.40. The number of rotatable bonds is 6. The number of carbonyl (C=O) groups excluding carboxylic acids is 1. The third kappa shape index (κ3) is 13.2. The van der Waals surface area contributed by atoms with E-state index in [2.05, 4.69) is 18.9 Å². The highest BCUT2D eigenvalue weighted by Crippen LogP contribution is 2.05. The molecule has 0 rings (SSSR count). The van der Waals surface area contributed by atoms with E-state index in [0.717, 1.165) is 36.9 Å². The third-order valence-corrected chi connectivity index (χ3v) is 2.08. The van der Waals surface area contributed by atoms with Crippen molar-refractivity contribution in [2.24, 2.45) is 0 Å². The summed E-state index contributed by atoms with van der Waals surface area (Å²) >= 11 is 0. The normalized spacial score (nSPS) is 11.2. The van der Waals surface area contributed by atoms with Gasteiger partial charge in [-0.15, -0.1) is 0 Å². The molecule has 0 saturated heterocycles. The lowest BCUT2D eigenvalue weighted by atomic mass is 10.1. The van der Waals surface area contributed by atoms with Crippen LogP contribution in [0.4, 0.5) is 0 Å². The van der Waals surface area contributed by atoms with Crippen molar-refractivity contribution >= 4 is 6.29 Å². The van der Waals surface area contributed by atoms with Crippen molar-refractivity contribution in [2.75, 3.05) is 20.1 Å². The Kier molecular flexibility index (Phi) is 22.9. The zero-order valence-electron chi connectivity index (χ0n) is 13.7. The molecule has 0 amide bonds. The summed E-state index contributed by atoms with van der Waals surface area (Å²) in [6.45, 7) is 16.0. The van der Waals surface area contributed by atoms with Gasteiger partial charge in [0.2, 0.25) is 0 Å². The van der Waals surface area contributed by atoms with E-state index >= 15 is 0 Å². The summed E-state index contributed by atoms with van der Waals surface area (Å²) in [5.74, 6) is 0. The zero-order valence-corrected chi connectivity index (χ0v) is 13.7. The summed E-state index contributed by atoms with van der Waals surface area (Å²) < 4.78 is 0. The second-order valence-corrected chi connectivity index (χ2v) is 3.59. The first-order valence-corrected chi connectivity index (χ1v) is 7.11. The quantitative estimate of drug-likeness (QED) is 0.396. The van der Waals surface area contributed by atoms with Gasteiger partial charge in [-0.2, -0.15) is 0 Å². The minimum atomic E-state index is 0.801.